The van der Waals surface area contributed by atoms with Gasteiger partial charge in [-0.1, -0.05) is 23.7 Å². The maximum absolute atomic E-state index is 12.8. The zero-order valence-electron chi connectivity index (χ0n) is 14.2. The fourth-order valence-corrected chi connectivity index (χ4v) is 2.99. The molecule has 0 spiro atoms. The first-order chi connectivity index (χ1) is 12.9. The third kappa shape index (κ3) is 4.62. The van der Waals surface area contributed by atoms with Crippen LogP contribution in [0.5, 0.6) is 0 Å². The van der Waals surface area contributed by atoms with Crippen LogP contribution < -0.4 is 10.2 Å². The smallest absolute Gasteiger partial charge is 0.311 e. The maximum Gasteiger partial charge on any atom is 0.311 e. The van der Waals surface area contributed by atoms with E-state index in [1.807, 2.05) is 0 Å². The molecule has 2 aromatic rings. The summed E-state index contributed by atoms with van der Waals surface area (Å²) in [6.07, 6.45) is -0.0103. The molecule has 0 bridgehead atoms. The number of hydrogen-bond acceptors (Lipinski definition) is 4. The van der Waals surface area contributed by atoms with Gasteiger partial charge in [-0.15, -0.1) is 0 Å². The van der Waals surface area contributed by atoms with E-state index in [0.717, 1.165) is 0 Å². The average Bonchev–Trinajstić information content (AvgIpc) is 3.04. The lowest BCUT2D eigenvalue weighted by atomic mass is 10.1. The first-order valence-electron chi connectivity index (χ1n) is 8.21. The third-order valence-corrected chi connectivity index (χ3v) is 4.39. The monoisotopic (exact) mass is 390 g/mol. The second-order valence-electron chi connectivity index (χ2n) is 6.02. The lowest BCUT2D eigenvalue weighted by Crippen LogP contribution is -2.28. The molecule has 1 aliphatic rings. The summed E-state index contributed by atoms with van der Waals surface area (Å²) in [6.45, 7) is -0.353. The van der Waals surface area contributed by atoms with Crippen LogP contribution in [0.3, 0.4) is 0 Å². The average molecular weight is 391 g/mol. The number of esters is 1. The summed E-state index contributed by atoms with van der Waals surface area (Å²) in [6, 6.07) is 12.1. The molecule has 27 heavy (non-hydrogen) atoms. The van der Waals surface area contributed by atoms with Crippen LogP contribution in [0.4, 0.5) is 15.8 Å². The van der Waals surface area contributed by atoms with Gasteiger partial charge in [0, 0.05) is 18.7 Å². The van der Waals surface area contributed by atoms with E-state index >= 15 is 0 Å². The number of benzene rings is 2. The van der Waals surface area contributed by atoms with Gasteiger partial charge in [0.15, 0.2) is 6.61 Å². The molecule has 2 amide bonds. The Morgan fingerprint density at radius 3 is 2.59 bits per heavy atom. The highest BCUT2D eigenvalue weighted by Gasteiger charge is 2.37. The van der Waals surface area contributed by atoms with Crippen LogP contribution >= 0.6 is 11.6 Å². The predicted molar refractivity (Wildman–Crippen MR) is 97.9 cm³/mol. The first-order valence-corrected chi connectivity index (χ1v) is 8.59. The summed E-state index contributed by atoms with van der Waals surface area (Å²) in [5.74, 6) is -2.52. The highest BCUT2D eigenvalue weighted by molar-refractivity contribution is 6.33. The molecule has 0 saturated carbocycles. The van der Waals surface area contributed by atoms with Crippen molar-refractivity contribution >= 4 is 40.8 Å². The zero-order valence-corrected chi connectivity index (χ0v) is 14.9. The second kappa shape index (κ2) is 8.18. The van der Waals surface area contributed by atoms with E-state index in [4.69, 9.17) is 16.3 Å². The van der Waals surface area contributed by atoms with Crippen molar-refractivity contribution < 1.29 is 23.5 Å². The number of halogens is 2. The minimum absolute atomic E-state index is 0.0103. The van der Waals surface area contributed by atoms with E-state index in [9.17, 15) is 18.8 Å². The maximum atomic E-state index is 12.8. The molecule has 1 atom stereocenters. The molecule has 1 heterocycles. The van der Waals surface area contributed by atoms with E-state index in [1.54, 1.807) is 24.3 Å². The van der Waals surface area contributed by atoms with E-state index in [-0.39, 0.29) is 18.9 Å². The zero-order chi connectivity index (χ0) is 19.4. The summed E-state index contributed by atoms with van der Waals surface area (Å²) >= 11 is 6.10. The normalized spacial score (nSPS) is 16.3. The lowest BCUT2D eigenvalue weighted by Gasteiger charge is -2.17. The van der Waals surface area contributed by atoms with Gasteiger partial charge in [-0.25, -0.2) is 4.39 Å². The molecule has 3 rings (SSSR count). The quantitative estimate of drug-likeness (QED) is 0.796. The van der Waals surface area contributed by atoms with Crippen LogP contribution in [0, 0.1) is 11.7 Å². The second-order valence-corrected chi connectivity index (χ2v) is 6.43. The van der Waals surface area contributed by atoms with Gasteiger partial charge in [0.05, 0.1) is 16.6 Å². The standard InChI is InChI=1S/C19H16ClFN2O4/c20-15-3-1-2-4-16(15)23-10-12(9-18(23)25)19(26)27-11-17(24)22-14-7-5-13(21)6-8-14/h1-8,12H,9-11H2,(H,22,24)/t12-/m1/s1. The van der Waals surface area contributed by atoms with Crippen LogP contribution in [0.1, 0.15) is 6.42 Å². The van der Waals surface area contributed by atoms with Crippen molar-refractivity contribution in [3.63, 3.8) is 0 Å². The Hall–Kier alpha value is -2.93. The summed E-state index contributed by atoms with van der Waals surface area (Å²) in [5.41, 5.74) is 0.923. The highest BCUT2D eigenvalue weighted by Crippen LogP contribution is 2.31. The fraction of sp³-hybridized carbons (Fsp3) is 0.211. The van der Waals surface area contributed by atoms with Crippen molar-refractivity contribution in [2.24, 2.45) is 5.92 Å². The van der Waals surface area contributed by atoms with Gasteiger partial charge in [-0.05, 0) is 36.4 Å². The number of nitrogens with one attached hydrogen (secondary N) is 1. The molecule has 6 nitrogen and oxygen atoms in total. The number of amides is 2. The Labute approximate surface area is 159 Å². The van der Waals surface area contributed by atoms with E-state index < -0.39 is 30.2 Å². The summed E-state index contributed by atoms with van der Waals surface area (Å²) in [7, 11) is 0. The number of hydrogen-bond donors (Lipinski definition) is 1. The lowest BCUT2D eigenvalue weighted by molar-refractivity contribution is -0.151. The van der Waals surface area contributed by atoms with E-state index in [1.165, 1.54) is 29.2 Å². The van der Waals surface area contributed by atoms with Crippen LogP contribution in [-0.4, -0.2) is 30.9 Å². The summed E-state index contributed by atoms with van der Waals surface area (Å²) in [4.78, 5) is 37.7. The van der Waals surface area contributed by atoms with E-state index in [0.29, 0.717) is 16.4 Å². The summed E-state index contributed by atoms with van der Waals surface area (Å²) in [5, 5.41) is 2.90. The number of carbonyl (C=O) groups excluding carboxylic acids is 3. The molecule has 1 saturated heterocycles. The minimum Gasteiger partial charge on any atom is -0.455 e. The number of para-hydroxylation sites is 1. The van der Waals surface area contributed by atoms with Gasteiger partial charge in [0.2, 0.25) is 5.91 Å². The Morgan fingerprint density at radius 1 is 1.19 bits per heavy atom. The Kier molecular flexibility index (Phi) is 5.71. The number of carbonyl (C=O) groups is 3. The van der Waals surface area contributed by atoms with Crippen molar-refractivity contribution in [1.29, 1.82) is 0 Å². The minimum atomic E-state index is -0.674. The Bertz CT molecular complexity index is 872. The first kappa shape index (κ1) is 18.8. The Balaban J connectivity index is 1.53. The van der Waals surface area contributed by atoms with Gasteiger partial charge < -0.3 is 15.0 Å². The van der Waals surface area contributed by atoms with Crippen molar-refractivity contribution in [2.45, 2.75) is 6.42 Å². The topological polar surface area (TPSA) is 75.7 Å². The van der Waals surface area contributed by atoms with Crippen molar-refractivity contribution in [3.05, 3.63) is 59.4 Å². The molecular formula is C19H16ClFN2O4. The SMILES string of the molecule is O=C(COC(=O)[C@@H]1CC(=O)N(c2ccccc2Cl)C1)Nc1ccc(F)cc1. The van der Waals surface area contributed by atoms with Gasteiger partial charge in [0.1, 0.15) is 5.82 Å². The van der Waals surface area contributed by atoms with Crippen molar-refractivity contribution in [3.8, 4) is 0 Å². The van der Waals surface area contributed by atoms with E-state index in [2.05, 4.69) is 5.32 Å². The molecular weight excluding hydrogens is 375 g/mol. The molecule has 8 heteroatoms. The molecule has 1 aliphatic heterocycles. The predicted octanol–water partition coefficient (Wildman–Crippen LogP) is 3.01. The van der Waals surface area contributed by atoms with Crippen molar-refractivity contribution in [1.82, 2.24) is 0 Å². The van der Waals surface area contributed by atoms with Crippen molar-refractivity contribution in [2.75, 3.05) is 23.4 Å². The fourth-order valence-electron chi connectivity index (χ4n) is 2.75. The molecule has 1 N–H and O–H groups in total. The molecule has 0 radical (unpaired) electrons. The molecule has 2 aromatic carbocycles. The number of nitrogens with zero attached hydrogens (tertiary/aromatic N) is 1. The molecule has 0 aromatic heterocycles. The Morgan fingerprint density at radius 2 is 1.89 bits per heavy atom. The largest absolute Gasteiger partial charge is 0.455 e. The van der Waals surface area contributed by atoms with Gasteiger partial charge >= 0.3 is 5.97 Å². The molecule has 1 fully saturated rings. The van der Waals surface area contributed by atoms with Crippen LogP contribution in [0.2, 0.25) is 5.02 Å². The van der Waals surface area contributed by atoms with Gasteiger partial charge in [-0.2, -0.15) is 0 Å². The number of anilines is 2. The highest BCUT2D eigenvalue weighted by atomic mass is 35.5. The van der Waals surface area contributed by atoms with Gasteiger partial charge in [-0.3, -0.25) is 14.4 Å². The number of rotatable bonds is 5. The molecule has 0 aliphatic carbocycles. The molecule has 140 valence electrons. The van der Waals surface area contributed by atoms with Gasteiger partial charge in [0.25, 0.3) is 5.91 Å². The molecule has 0 unspecified atom stereocenters. The van der Waals surface area contributed by atoms with Crippen LogP contribution in [0.25, 0.3) is 0 Å². The third-order valence-electron chi connectivity index (χ3n) is 4.08. The van der Waals surface area contributed by atoms with Crippen LogP contribution in [-0.2, 0) is 19.1 Å². The number of ether oxygens (including phenoxy) is 1. The summed E-state index contributed by atoms with van der Waals surface area (Å²) < 4.78 is 17.8. The van der Waals surface area contributed by atoms with Crippen LogP contribution in [0.15, 0.2) is 48.5 Å².